The van der Waals surface area contributed by atoms with Crippen molar-refractivity contribution in [2.45, 2.75) is 18.9 Å². The van der Waals surface area contributed by atoms with Crippen LogP contribution >= 0.6 is 0 Å². The number of halogens is 1. The average molecular weight is 392 g/mol. The quantitative estimate of drug-likeness (QED) is 0.572. The van der Waals surface area contributed by atoms with Crippen molar-refractivity contribution in [3.05, 3.63) is 54.7 Å². The molecule has 0 unspecified atom stereocenters. The minimum absolute atomic E-state index is 0.267. The SMILES string of the molecule is CNc1cn2nc(-c3c(-c4ccc(F)cc4)ncn3C3CCOCC3)ccc2n1. The van der Waals surface area contributed by atoms with Crippen LogP contribution < -0.4 is 5.32 Å². The molecule has 0 atom stereocenters. The van der Waals surface area contributed by atoms with Crippen LogP contribution in [0, 0.1) is 5.82 Å². The lowest BCUT2D eigenvalue weighted by Gasteiger charge is -2.25. The van der Waals surface area contributed by atoms with Gasteiger partial charge in [-0.1, -0.05) is 0 Å². The van der Waals surface area contributed by atoms with Crippen LogP contribution in [0.4, 0.5) is 10.2 Å². The Morgan fingerprint density at radius 1 is 1.10 bits per heavy atom. The number of aromatic nitrogens is 5. The highest BCUT2D eigenvalue weighted by Crippen LogP contribution is 2.35. The standard InChI is InChI=1S/C21H21FN6O/c1-23-18-12-28-19(25-18)7-6-17(26-28)21-20(14-2-4-15(22)5-3-14)24-13-27(21)16-8-10-29-11-9-16/h2-7,12-13,16,23H,8-11H2,1H3. The number of fused-ring (bicyclic) bond motifs is 1. The summed E-state index contributed by atoms with van der Waals surface area (Å²) >= 11 is 0. The molecule has 1 fully saturated rings. The van der Waals surface area contributed by atoms with Crippen LogP contribution in [0.5, 0.6) is 0 Å². The minimum atomic E-state index is -0.267. The molecule has 1 aliphatic rings. The summed E-state index contributed by atoms with van der Waals surface area (Å²) in [5.41, 5.74) is 4.12. The van der Waals surface area contributed by atoms with E-state index in [1.807, 2.05) is 31.7 Å². The summed E-state index contributed by atoms with van der Waals surface area (Å²) in [5.74, 6) is 0.489. The van der Waals surface area contributed by atoms with Crippen molar-refractivity contribution in [3.8, 4) is 22.6 Å². The molecule has 3 aromatic heterocycles. The third kappa shape index (κ3) is 3.25. The van der Waals surface area contributed by atoms with Crippen LogP contribution in [-0.2, 0) is 4.74 Å². The Balaban J connectivity index is 1.67. The maximum atomic E-state index is 13.5. The van der Waals surface area contributed by atoms with Gasteiger partial charge in [0, 0.05) is 31.9 Å². The van der Waals surface area contributed by atoms with Crippen LogP contribution in [0.3, 0.4) is 0 Å². The Labute approximate surface area is 167 Å². The predicted octanol–water partition coefficient (Wildman–Crippen LogP) is 3.79. The van der Waals surface area contributed by atoms with Gasteiger partial charge in [0.15, 0.2) is 5.65 Å². The predicted molar refractivity (Wildman–Crippen MR) is 108 cm³/mol. The van der Waals surface area contributed by atoms with E-state index in [0.717, 1.165) is 60.2 Å². The first-order valence-electron chi connectivity index (χ1n) is 9.68. The summed E-state index contributed by atoms with van der Waals surface area (Å²) in [6.45, 7) is 1.46. The van der Waals surface area contributed by atoms with E-state index in [9.17, 15) is 4.39 Å². The molecular formula is C21H21FN6O. The number of imidazole rings is 2. The topological polar surface area (TPSA) is 69.3 Å². The number of nitrogens with zero attached hydrogens (tertiary/aromatic N) is 5. The van der Waals surface area contributed by atoms with E-state index in [2.05, 4.69) is 14.9 Å². The number of rotatable bonds is 4. The van der Waals surface area contributed by atoms with Gasteiger partial charge in [0.05, 0.1) is 23.9 Å². The molecular weight excluding hydrogens is 371 g/mol. The van der Waals surface area contributed by atoms with Crippen molar-refractivity contribution in [3.63, 3.8) is 0 Å². The fourth-order valence-electron chi connectivity index (χ4n) is 3.80. The van der Waals surface area contributed by atoms with Crippen LogP contribution in [0.2, 0.25) is 0 Å². The van der Waals surface area contributed by atoms with Gasteiger partial charge in [0.1, 0.15) is 17.3 Å². The summed E-state index contributed by atoms with van der Waals surface area (Å²) in [6, 6.07) is 10.6. The first kappa shape index (κ1) is 17.8. The Hall–Kier alpha value is -3.26. The van der Waals surface area contributed by atoms with Crippen LogP contribution in [0.15, 0.2) is 48.9 Å². The molecule has 0 spiro atoms. The lowest BCUT2D eigenvalue weighted by atomic mass is 10.1. The van der Waals surface area contributed by atoms with E-state index in [1.54, 1.807) is 16.6 Å². The number of hydrogen-bond donors (Lipinski definition) is 1. The lowest BCUT2D eigenvalue weighted by molar-refractivity contribution is 0.0699. The van der Waals surface area contributed by atoms with E-state index in [0.29, 0.717) is 0 Å². The zero-order chi connectivity index (χ0) is 19.8. The van der Waals surface area contributed by atoms with E-state index in [4.69, 9.17) is 14.8 Å². The second-order valence-electron chi connectivity index (χ2n) is 7.10. The molecule has 8 heteroatoms. The molecule has 1 N–H and O–H groups in total. The van der Waals surface area contributed by atoms with Gasteiger partial charge in [-0.05, 0) is 49.2 Å². The minimum Gasteiger partial charge on any atom is -0.381 e. The highest BCUT2D eigenvalue weighted by atomic mass is 19.1. The molecule has 1 aliphatic heterocycles. The zero-order valence-electron chi connectivity index (χ0n) is 16.0. The van der Waals surface area contributed by atoms with Gasteiger partial charge in [-0.25, -0.2) is 18.9 Å². The summed E-state index contributed by atoms with van der Waals surface area (Å²) in [5, 5.41) is 7.83. The van der Waals surface area contributed by atoms with Crippen LogP contribution in [0.25, 0.3) is 28.3 Å². The second-order valence-corrected chi connectivity index (χ2v) is 7.10. The van der Waals surface area contributed by atoms with Crippen molar-refractivity contribution in [1.29, 1.82) is 0 Å². The number of ether oxygens (including phenoxy) is 1. The van der Waals surface area contributed by atoms with Crippen molar-refractivity contribution >= 4 is 11.5 Å². The van der Waals surface area contributed by atoms with E-state index < -0.39 is 0 Å². The van der Waals surface area contributed by atoms with Crippen molar-refractivity contribution < 1.29 is 9.13 Å². The zero-order valence-corrected chi connectivity index (χ0v) is 16.0. The molecule has 0 aliphatic carbocycles. The van der Waals surface area contributed by atoms with Crippen LogP contribution in [0.1, 0.15) is 18.9 Å². The molecule has 1 aromatic carbocycles. The number of benzene rings is 1. The molecule has 1 saturated heterocycles. The van der Waals surface area contributed by atoms with Gasteiger partial charge in [-0.15, -0.1) is 0 Å². The molecule has 4 aromatic rings. The molecule has 4 heterocycles. The summed E-state index contributed by atoms with van der Waals surface area (Å²) in [6.07, 6.45) is 5.56. The third-order valence-corrected chi connectivity index (χ3v) is 5.31. The Kier molecular flexibility index (Phi) is 4.48. The normalized spacial score (nSPS) is 15.1. The Bertz CT molecular complexity index is 1140. The molecule has 0 bridgehead atoms. The number of anilines is 1. The highest BCUT2D eigenvalue weighted by Gasteiger charge is 2.24. The molecule has 148 valence electrons. The van der Waals surface area contributed by atoms with Crippen molar-refractivity contribution in [1.82, 2.24) is 24.1 Å². The monoisotopic (exact) mass is 392 g/mol. The summed E-state index contributed by atoms with van der Waals surface area (Å²) < 4.78 is 22.9. The first-order valence-corrected chi connectivity index (χ1v) is 9.68. The number of nitrogens with one attached hydrogen (secondary N) is 1. The van der Waals surface area contributed by atoms with Gasteiger partial charge < -0.3 is 14.6 Å². The molecule has 29 heavy (non-hydrogen) atoms. The van der Waals surface area contributed by atoms with Gasteiger partial charge in [-0.3, -0.25) is 0 Å². The van der Waals surface area contributed by atoms with Gasteiger partial charge in [0.25, 0.3) is 0 Å². The lowest BCUT2D eigenvalue weighted by Crippen LogP contribution is -2.20. The average Bonchev–Trinajstić information content (AvgIpc) is 3.38. The van der Waals surface area contributed by atoms with Crippen molar-refractivity contribution in [2.75, 3.05) is 25.6 Å². The fraction of sp³-hybridized carbons (Fsp3) is 0.286. The maximum Gasteiger partial charge on any atom is 0.156 e. The maximum absolute atomic E-state index is 13.5. The summed E-state index contributed by atoms with van der Waals surface area (Å²) in [7, 11) is 1.83. The molecule has 0 radical (unpaired) electrons. The number of hydrogen-bond acceptors (Lipinski definition) is 5. The Morgan fingerprint density at radius 3 is 2.66 bits per heavy atom. The molecule has 0 saturated carbocycles. The molecule has 5 rings (SSSR count). The summed E-state index contributed by atoms with van der Waals surface area (Å²) in [4.78, 5) is 9.16. The molecule has 0 amide bonds. The van der Waals surface area contributed by atoms with Crippen LogP contribution in [-0.4, -0.2) is 44.4 Å². The highest BCUT2D eigenvalue weighted by molar-refractivity contribution is 5.77. The van der Waals surface area contributed by atoms with Gasteiger partial charge in [-0.2, -0.15) is 5.10 Å². The van der Waals surface area contributed by atoms with E-state index in [-0.39, 0.29) is 11.9 Å². The fourth-order valence-corrected chi connectivity index (χ4v) is 3.80. The largest absolute Gasteiger partial charge is 0.381 e. The third-order valence-electron chi connectivity index (χ3n) is 5.31. The van der Waals surface area contributed by atoms with Crippen molar-refractivity contribution in [2.24, 2.45) is 0 Å². The smallest absolute Gasteiger partial charge is 0.156 e. The Morgan fingerprint density at radius 2 is 1.90 bits per heavy atom. The molecule has 7 nitrogen and oxygen atoms in total. The van der Waals surface area contributed by atoms with E-state index >= 15 is 0 Å². The first-order chi connectivity index (χ1) is 14.2. The second kappa shape index (κ2) is 7.29. The van der Waals surface area contributed by atoms with Gasteiger partial charge in [0.2, 0.25) is 0 Å². The van der Waals surface area contributed by atoms with Gasteiger partial charge >= 0.3 is 0 Å². The van der Waals surface area contributed by atoms with E-state index in [1.165, 1.54) is 12.1 Å².